The second-order valence-electron chi connectivity index (χ2n) is 4.89. The van der Waals surface area contributed by atoms with Gasteiger partial charge in [0.25, 0.3) is 0 Å². The van der Waals surface area contributed by atoms with E-state index in [9.17, 15) is 20.1 Å². The zero-order chi connectivity index (χ0) is 14.3. The SMILES string of the molecule is O=C(O)c1cnc(N2CC(O)C(O)C2)c2ccccc12. The fraction of sp³-hybridized carbons (Fsp3) is 0.286. The summed E-state index contributed by atoms with van der Waals surface area (Å²) in [5, 5.41) is 29.8. The molecule has 0 aliphatic carbocycles. The number of carboxylic acids is 1. The summed E-state index contributed by atoms with van der Waals surface area (Å²) in [7, 11) is 0. The summed E-state index contributed by atoms with van der Waals surface area (Å²) < 4.78 is 0. The van der Waals surface area contributed by atoms with E-state index >= 15 is 0 Å². The van der Waals surface area contributed by atoms with E-state index in [4.69, 9.17) is 0 Å². The number of carbonyl (C=O) groups is 1. The smallest absolute Gasteiger partial charge is 0.337 e. The summed E-state index contributed by atoms with van der Waals surface area (Å²) in [6, 6.07) is 7.10. The van der Waals surface area contributed by atoms with Crippen LogP contribution in [-0.2, 0) is 0 Å². The Morgan fingerprint density at radius 3 is 2.35 bits per heavy atom. The number of pyridine rings is 1. The summed E-state index contributed by atoms with van der Waals surface area (Å²) >= 11 is 0. The maximum absolute atomic E-state index is 11.2. The van der Waals surface area contributed by atoms with E-state index in [-0.39, 0.29) is 18.7 Å². The summed E-state index contributed by atoms with van der Waals surface area (Å²) in [6.07, 6.45) is -0.304. The Morgan fingerprint density at radius 1 is 1.15 bits per heavy atom. The lowest BCUT2D eigenvalue weighted by molar-refractivity contribution is 0.0572. The van der Waals surface area contributed by atoms with Gasteiger partial charge in [-0.1, -0.05) is 24.3 Å². The van der Waals surface area contributed by atoms with E-state index in [1.54, 1.807) is 23.1 Å². The number of hydrogen-bond donors (Lipinski definition) is 3. The Bertz CT molecular complexity index is 663. The number of nitrogens with zero attached hydrogens (tertiary/aromatic N) is 2. The molecule has 0 radical (unpaired) electrons. The normalized spacial score (nSPS) is 22.4. The topological polar surface area (TPSA) is 93.9 Å². The molecule has 104 valence electrons. The average molecular weight is 274 g/mol. The van der Waals surface area contributed by atoms with Crippen LogP contribution < -0.4 is 4.90 Å². The molecule has 3 N–H and O–H groups in total. The second-order valence-corrected chi connectivity index (χ2v) is 4.89. The monoisotopic (exact) mass is 274 g/mol. The first kappa shape index (κ1) is 12.8. The van der Waals surface area contributed by atoms with Crippen molar-refractivity contribution in [3.8, 4) is 0 Å². The van der Waals surface area contributed by atoms with Crippen LogP contribution in [0, 0.1) is 0 Å². The van der Waals surface area contributed by atoms with Crippen molar-refractivity contribution >= 4 is 22.6 Å². The number of hydrogen-bond acceptors (Lipinski definition) is 5. The lowest BCUT2D eigenvalue weighted by Crippen LogP contribution is -2.22. The van der Waals surface area contributed by atoms with Crippen LogP contribution in [0.1, 0.15) is 10.4 Å². The third-order valence-electron chi connectivity index (χ3n) is 3.56. The number of aliphatic hydroxyl groups is 2. The highest BCUT2D eigenvalue weighted by molar-refractivity contribution is 6.06. The zero-order valence-corrected chi connectivity index (χ0v) is 10.6. The molecule has 6 nitrogen and oxygen atoms in total. The standard InChI is InChI=1S/C14H14N2O4/c17-11-6-16(7-12(11)18)13-9-4-2-1-3-8(9)10(5-15-13)14(19)20/h1-5,11-12,17-18H,6-7H2,(H,19,20). The quantitative estimate of drug-likeness (QED) is 0.737. The van der Waals surface area contributed by atoms with Crippen LogP contribution in [0.5, 0.6) is 0 Å². The van der Waals surface area contributed by atoms with E-state index < -0.39 is 18.2 Å². The van der Waals surface area contributed by atoms with Crippen molar-refractivity contribution in [2.24, 2.45) is 0 Å². The molecule has 1 aromatic heterocycles. The van der Waals surface area contributed by atoms with Crippen molar-refractivity contribution in [2.75, 3.05) is 18.0 Å². The van der Waals surface area contributed by atoms with Gasteiger partial charge < -0.3 is 20.2 Å². The lowest BCUT2D eigenvalue weighted by atomic mass is 10.1. The Morgan fingerprint density at radius 2 is 1.75 bits per heavy atom. The van der Waals surface area contributed by atoms with Gasteiger partial charge in [0.15, 0.2) is 0 Å². The fourth-order valence-electron chi connectivity index (χ4n) is 2.54. The van der Waals surface area contributed by atoms with Crippen LogP contribution in [0.25, 0.3) is 10.8 Å². The summed E-state index contributed by atoms with van der Waals surface area (Å²) in [6.45, 7) is 0.565. The van der Waals surface area contributed by atoms with Crippen molar-refractivity contribution in [3.63, 3.8) is 0 Å². The average Bonchev–Trinajstić information content (AvgIpc) is 2.77. The molecule has 3 rings (SSSR count). The van der Waals surface area contributed by atoms with E-state index in [2.05, 4.69) is 4.98 Å². The molecule has 1 saturated heterocycles. The number of aromatic nitrogens is 1. The Kier molecular flexibility index (Phi) is 3.04. The summed E-state index contributed by atoms with van der Waals surface area (Å²) in [5.74, 6) is -0.442. The van der Waals surface area contributed by atoms with Crippen LogP contribution in [0.4, 0.5) is 5.82 Å². The third kappa shape index (κ3) is 1.99. The van der Waals surface area contributed by atoms with E-state index in [0.29, 0.717) is 16.6 Å². The van der Waals surface area contributed by atoms with Crippen LogP contribution in [0.3, 0.4) is 0 Å². The minimum Gasteiger partial charge on any atom is -0.478 e. The van der Waals surface area contributed by atoms with Crippen LogP contribution >= 0.6 is 0 Å². The van der Waals surface area contributed by atoms with E-state index in [1.165, 1.54) is 6.20 Å². The highest BCUT2D eigenvalue weighted by Crippen LogP contribution is 2.29. The molecule has 1 aromatic carbocycles. The molecule has 1 fully saturated rings. The zero-order valence-electron chi connectivity index (χ0n) is 10.6. The number of anilines is 1. The number of aliphatic hydroxyl groups excluding tert-OH is 2. The maximum atomic E-state index is 11.2. The first-order chi connectivity index (χ1) is 9.58. The lowest BCUT2D eigenvalue weighted by Gasteiger charge is -2.19. The molecule has 1 aliphatic rings. The van der Waals surface area contributed by atoms with Gasteiger partial charge >= 0.3 is 5.97 Å². The first-order valence-corrected chi connectivity index (χ1v) is 6.30. The minimum atomic E-state index is -1.03. The van der Waals surface area contributed by atoms with Gasteiger partial charge in [-0.3, -0.25) is 0 Å². The molecule has 1 aliphatic heterocycles. The molecular weight excluding hydrogens is 260 g/mol. The predicted octanol–water partition coefficient (Wildman–Crippen LogP) is 0.475. The largest absolute Gasteiger partial charge is 0.478 e. The second kappa shape index (κ2) is 4.73. The number of carboxylic acid groups (broad SMARTS) is 1. The molecule has 2 atom stereocenters. The molecule has 6 heteroatoms. The number of benzene rings is 1. The number of fused-ring (bicyclic) bond motifs is 1. The van der Waals surface area contributed by atoms with Crippen LogP contribution in [-0.4, -0.2) is 51.6 Å². The predicted molar refractivity (Wildman–Crippen MR) is 72.9 cm³/mol. The van der Waals surface area contributed by atoms with Crippen LogP contribution in [0.15, 0.2) is 30.5 Å². The summed E-state index contributed by atoms with van der Waals surface area (Å²) in [5.41, 5.74) is 0.143. The fourth-order valence-corrected chi connectivity index (χ4v) is 2.54. The van der Waals surface area contributed by atoms with Gasteiger partial charge in [0, 0.05) is 30.1 Å². The van der Waals surface area contributed by atoms with Gasteiger partial charge in [-0.05, 0) is 0 Å². The molecule has 0 bridgehead atoms. The highest BCUT2D eigenvalue weighted by atomic mass is 16.4. The van der Waals surface area contributed by atoms with E-state index in [0.717, 1.165) is 0 Å². The van der Waals surface area contributed by atoms with Gasteiger partial charge in [-0.15, -0.1) is 0 Å². The van der Waals surface area contributed by atoms with Gasteiger partial charge in [0.1, 0.15) is 5.82 Å². The van der Waals surface area contributed by atoms with Gasteiger partial charge in [0.05, 0.1) is 17.8 Å². The first-order valence-electron chi connectivity index (χ1n) is 6.30. The van der Waals surface area contributed by atoms with Crippen molar-refractivity contribution < 1.29 is 20.1 Å². The Hall–Kier alpha value is -2.18. The molecule has 2 aromatic rings. The van der Waals surface area contributed by atoms with Gasteiger partial charge in [-0.2, -0.15) is 0 Å². The van der Waals surface area contributed by atoms with Crippen LogP contribution in [0.2, 0.25) is 0 Å². The van der Waals surface area contributed by atoms with Crippen molar-refractivity contribution in [2.45, 2.75) is 12.2 Å². The molecule has 0 saturated carbocycles. The Balaban J connectivity index is 2.14. The van der Waals surface area contributed by atoms with Gasteiger partial charge in [-0.25, -0.2) is 9.78 Å². The minimum absolute atomic E-state index is 0.143. The molecule has 20 heavy (non-hydrogen) atoms. The molecule has 2 unspecified atom stereocenters. The third-order valence-corrected chi connectivity index (χ3v) is 3.56. The molecule has 0 amide bonds. The maximum Gasteiger partial charge on any atom is 0.337 e. The van der Waals surface area contributed by atoms with Crippen molar-refractivity contribution in [1.82, 2.24) is 4.98 Å². The number of aromatic carboxylic acids is 1. The summed E-state index contributed by atoms with van der Waals surface area (Å²) in [4.78, 5) is 17.2. The molecular formula is C14H14N2O4. The molecule has 2 heterocycles. The van der Waals surface area contributed by atoms with Crippen molar-refractivity contribution in [3.05, 3.63) is 36.0 Å². The highest BCUT2D eigenvalue weighted by Gasteiger charge is 2.31. The number of β-amino-alcohol motifs (C(OH)–C–C–N with tert-alkyl or cyclic N) is 2. The Labute approximate surface area is 114 Å². The van der Waals surface area contributed by atoms with E-state index in [1.807, 2.05) is 6.07 Å². The number of rotatable bonds is 2. The molecule has 0 spiro atoms. The van der Waals surface area contributed by atoms with Gasteiger partial charge in [0.2, 0.25) is 0 Å². The van der Waals surface area contributed by atoms with Crippen molar-refractivity contribution in [1.29, 1.82) is 0 Å².